The number of allylic oxidation sites excluding steroid dienone is 2. The van der Waals surface area contributed by atoms with Crippen molar-refractivity contribution in [1.82, 2.24) is 0 Å². The molecule has 0 saturated carbocycles. The van der Waals surface area contributed by atoms with Gasteiger partial charge in [0.15, 0.2) is 0 Å². The number of aryl methyl sites for hydroxylation is 2. The third kappa shape index (κ3) is 6.20. The molecule has 3 rings (SSSR count). The Labute approximate surface area is 189 Å². The largest absolute Gasteiger partial charge is 0.218 e. The minimum Gasteiger partial charge on any atom is -0.218 e. The van der Waals surface area contributed by atoms with Crippen LogP contribution in [0.25, 0.3) is 9.81 Å². The fourth-order valence-electron chi connectivity index (χ4n) is 4.13. The quantitative estimate of drug-likeness (QED) is 0.319. The van der Waals surface area contributed by atoms with Crippen LogP contribution in [0.2, 0.25) is 0 Å². The monoisotopic (exact) mass is 436 g/mol. The lowest BCUT2D eigenvalue weighted by atomic mass is 10.0. The SMILES string of the molecule is CCCCCCc1ccc(C2=CC=C(c3ccc(CCCCCC)cc3)S2(=O)=O)cc1. The molecule has 0 spiro atoms. The van der Waals surface area contributed by atoms with Crippen LogP contribution in [-0.2, 0) is 22.7 Å². The Balaban J connectivity index is 1.63. The van der Waals surface area contributed by atoms with Crippen LogP contribution in [0.5, 0.6) is 0 Å². The molecular weight excluding hydrogens is 400 g/mol. The summed E-state index contributed by atoms with van der Waals surface area (Å²) in [7, 11) is -3.49. The molecule has 2 aromatic rings. The van der Waals surface area contributed by atoms with Crippen LogP contribution < -0.4 is 0 Å². The maximum absolute atomic E-state index is 13.2. The lowest BCUT2D eigenvalue weighted by molar-refractivity contribution is 0.615. The van der Waals surface area contributed by atoms with Gasteiger partial charge in [0, 0.05) is 0 Å². The van der Waals surface area contributed by atoms with Gasteiger partial charge in [-0.3, -0.25) is 0 Å². The van der Waals surface area contributed by atoms with Crippen molar-refractivity contribution in [2.24, 2.45) is 0 Å². The standard InChI is InChI=1S/C28H36O2S/c1-3-5-7-9-11-23-13-17-25(18-14-23)27-21-22-28(31(27,29)30)26-19-15-24(16-20-26)12-10-8-6-4-2/h13-22H,3-12H2,1-2H3. The molecule has 2 nitrogen and oxygen atoms in total. The van der Waals surface area contributed by atoms with Crippen molar-refractivity contribution >= 4 is 19.6 Å². The van der Waals surface area contributed by atoms with Crippen molar-refractivity contribution < 1.29 is 8.42 Å². The first-order chi connectivity index (χ1) is 15.1. The van der Waals surface area contributed by atoms with E-state index in [1.165, 1.54) is 62.5 Å². The Hall–Kier alpha value is -2.13. The van der Waals surface area contributed by atoms with Crippen LogP contribution in [0.15, 0.2) is 60.7 Å². The van der Waals surface area contributed by atoms with Gasteiger partial charge in [-0.2, -0.15) is 0 Å². The summed E-state index contributed by atoms with van der Waals surface area (Å²) in [5, 5.41) is 0. The zero-order valence-corrected chi connectivity index (χ0v) is 19.9. The molecule has 0 bridgehead atoms. The maximum atomic E-state index is 13.2. The minimum atomic E-state index is -3.49. The predicted molar refractivity (Wildman–Crippen MR) is 133 cm³/mol. The van der Waals surface area contributed by atoms with E-state index in [9.17, 15) is 8.42 Å². The van der Waals surface area contributed by atoms with Crippen molar-refractivity contribution in [2.45, 2.75) is 78.1 Å². The van der Waals surface area contributed by atoms with Crippen LogP contribution in [0.4, 0.5) is 0 Å². The van der Waals surface area contributed by atoms with E-state index in [1.54, 1.807) is 12.2 Å². The fourth-order valence-corrected chi connectivity index (χ4v) is 5.76. The Bertz CT molecular complexity index is 916. The van der Waals surface area contributed by atoms with Crippen LogP contribution in [0.3, 0.4) is 0 Å². The molecular formula is C28H36O2S. The Kier molecular flexibility index (Phi) is 8.71. The highest BCUT2D eigenvalue weighted by molar-refractivity contribution is 8.09. The molecule has 1 heterocycles. The normalized spacial score (nSPS) is 15.0. The molecule has 3 heteroatoms. The van der Waals surface area contributed by atoms with Crippen molar-refractivity contribution in [3.63, 3.8) is 0 Å². The molecule has 0 radical (unpaired) electrons. The highest BCUT2D eigenvalue weighted by Gasteiger charge is 2.29. The highest BCUT2D eigenvalue weighted by Crippen LogP contribution is 2.38. The first kappa shape index (κ1) is 23.5. The van der Waals surface area contributed by atoms with Crippen LogP contribution >= 0.6 is 0 Å². The summed E-state index contributed by atoms with van der Waals surface area (Å²) in [6.07, 6.45) is 15.5. The van der Waals surface area contributed by atoms with E-state index in [2.05, 4.69) is 38.1 Å². The molecule has 0 fully saturated rings. The number of sulfone groups is 1. The van der Waals surface area contributed by atoms with Crippen LogP contribution in [0, 0.1) is 0 Å². The summed E-state index contributed by atoms with van der Waals surface area (Å²) in [5.74, 6) is 0. The molecule has 2 aromatic carbocycles. The summed E-state index contributed by atoms with van der Waals surface area (Å²) in [5.41, 5.74) is 4.10. The van der Waals surface area contributed by atoms with Gasteiger partial charge in [-0.1, -0.05) is 101 Å². The molecule has 1 aliphatic heterocycles. The second-order valence-corrected chi connectivity index (χ2v) is 10.5. The first-order valence-electron chi connectivity index (χ1n) is 11.9. The van der Waals surface area contributed by atoms with Gasteiger partial charge < -0.3 is 0 Å². The van der Waals surface area contributed by atoms with Crippen LogP contribution in [-0.4, -0.2) is 8.42 Å². The topological polar surface area (TPSA) is 34.1 Å². The lowest BCUT2D eigenvalue weighted by Crippen LogP contribution is -2.03. The minimum absolute atomic E-state index is 0.406. The second kappa shape index (κ2) is 11.5. The van der Waals surface area contributed by atoms with Gasteiger partial charge in [0.25, 0.3) is 0 Å². The third-order valence-electron chi connectivity index (χ3n) is 6.08. The molecule has 0 unspecified atom stereocenters. The van der Waals surface area contributed by atoms with Gasteiger partial charge in [-0.15, -0.1) is 0 Å². The highest BCUT2D eigenvalue weighted by atomic mass is 32.2. The van der Waals surface area contributed by atoms with Gasteiger partial charge in [0.2, 0.25) is 9.84 Å². The molecule has 0 aromatic heterocycles. The number of hydrogen-bond donors (Lipinski definition) is 0. The van der Waals surface area contributed by atoms with E-state index in [0.717, 1.165) is 24.0 Å². The summed E-state index contributed by atoms with van der Waals surface area (Å²) >= 11 is 0. The second-order valence-electron chi connectivity index (χ2n) is 8.58. The number of benzene rings is 2. The van der Waals surface area contributed by atoms with Crippen molar-refractivity contribution in [1.29, 1.82) is 0 Å². The van der Waals surface area contributed by atoms with E-state index in [-0.39, 0.29) is 0 Å². The fraction of sp³-hybridized carbons (Fsp3) is 0.429. The molecule has 0 aliphatic carbocycles. The summed E-state index contributed by atoms with van der Waals surface area (Å²) < 4.78 is 26.4. The molecule has 0 saturated heterocycles. The molecule has 1 aliphatic rings. The predicted octanol–water partition coefficient (Wildman–Crippen LogP) is 7.74. The van der Waals surface area contributed by atoms with Gasteiger partial charge in [0.1, 0.15) is 0 Å². The average Bonchev–Trinajstić information content (AvgIpc) is 3.10. The van der Waals surface area contributed by atoms with Gasteiger partial charge >= 0.3 is 0 Å². The van der Waals surface area contributed by atoms with Gasteiger partial charge in [-0.25, -0.2) is 8.42 Å². The van der Waals surface area contributed by atoms with E-state index < -0.39 is 9.84 Å². The smallest absolute Gasteiger partial charge is 0.207 e. The molecule has 0 atom stereocenters. The Morgan fingerprint density at radius 2 is 0.935 bits per heavy atom. The zero-order chi connectivity index (χ0) is 22.1. The number of rotatable bonds is 12. The molecule has 166 valence electrons. The van der Waals surface area contributed by atoms with Crippen molar-refractivity contribution in [2.75, 3.05) is 0 Å². The van der Waals surface area contributed by atoms with E-state index in [1.807, 2.05) is 24.3 Å². The van der Waals surface area contributed by atoms with E-state index >= 15 is 0 Å². The number of unbranched alkanes of at least 4 members (excludes halogenated alkanes) is 6. The van der Waals surface area contributed by atoms with E-state index in [4.69, 9.17) is 0 Å². The molecule has 31 heavy (non-hydrogen) atoms. The Morgan fingerprint density at radius 1 is 0.548 bits per heavy atom. The third-order valence-corrected chi connectivity index (χ3v) is 7.98. The van der Waals surface area contributed by atoms with Crippen molar-refractivity contribution in [3.8, 4) is 0 Å². The first-order valence-corrected chi connectivity index (χ1v) is 13.4. The Morgan fingerprint density at radius 3 is 1.29 bits per heavy atom. The van der Waals surface area contributed by atoms with Crippen molar-refractivity contribution in [3.05, 3.63) is 82.9 Å². The van der Waals surface area contributed by atoms with Gasteiger partial charge in [-0.05, 0) is 60.1 Å². The number of hydrogen-bond acceptors (Lipinski definition) is 2. The summed E-state index contributed by atoms with van der Waals surface area (Å²) in [6, 6.07) is 16.1. The average molecular weight is 437 g/mol. The zero-order valence-electron chi connectivity index (χ0n) is 19.1. The van der Waals surface area contributed by atoms with Gasteiger partial charge in [0.05, 0.1) is 9.81 Å². The maximum Gasteiger partial charge on any atom is 0.207 e. The summed E-state index contributed by atoms with van der Waals surface area (Å²) in [6.45, 7) is 4.44. The summed E-state index contributed by atoms with van der Waals surface area (Å²) in [4.78, 5) is 0.812. The van der Waals surface area contributed by atoms with E-state index in [0.29, 0.717) is 9.81 Å². The lowest BCUT2D eigenvalue weighted by Gasteiger charge is -2.10. The molecule has 0 N–H and O–H groups in total. The molecule has 0 amide bonds. The van der Waals surface area contributed by atoms with Crippen LogP contribution in [0.1, 0.15) is 87.5 Å².